The number of nitrogens with one attached hydrogen (secondary N) is 1. The van der Waals surface area contributed by atoms with Crippen LogP contribution in [0.2, 0.25) is 0 Å². The lowest BCUT2D eigenvalue weighted by Crippen LogP contribution is -2.50. The molecule has 2 saturated carbocycles. The number of nitrogens with two attached hydrogens (primary N) is 1. The highest BCUT2D eigenvalue weighted by molar-refractivity contribution is 7.91. The Bertz CT molecular complexity index is 474. The van der Waals surface area contributed by atoms with Crippen molar-refractivity contribution in [2.75, 3.05) is 11.5 Å². The van der Waals surface area contributed by atoms with Crippen molar-refractivity contribution in [3.05, 3.63) is 0 Å². The van der Waals surface area contributed by atoms with Crippen LogP contribution in [0.5, 0.6) is 0 Å². The number of fused-ring (bicyclic) bond motifs is 2. The molecule has 3 fully saturated rings. The smallest absolute Gasteiger partial charge is 0.225 e. The van der Waals surface area contributed by atoms with Gasteiger partial charge in [-0.05, 0) is 43.9 Å². The average molecular weight is 286 g/mol. The molecule has 6 heteroatoms. The Labute approximate surface area is 114 Å². The highest BCUT2D eigenvalue weighted by Crippen LogP contribution is 2.47. The molecular formula is C13H22N2O3S. The van der Waals surface area contributed by atoms with E-state index in [-0.39, 0.29) is 35.4 Å². The molecule has 2 aliphatic carbocycles. The van der Waals surface area contributed by atoms with E-state index in [2.05, 4.69) is 5.32 Å². The van der Waals surface area contributed by atoms with Gasteiger partial charge < -0.3 is 11.1 Å². The average Bonchev–Trinajstić information content (AvgIpc) is 2.87. The SMILES string of the molecule is NC1C2CCC(C2)C1C(=O)NC1CCCS(=O)(=O)C1. The van der Waals surface area contributed by atoms with Gasteiger partial charge in [0.2, 0.25) is 5.91 Å². The van der Waals surface area contributed by atoms with Crippen LogP contribution in [0.4, 0.5) is 0 Å². The summed E-state index contributed by atoms with van der Waals surface area (Å²) in [7, 11) is -2.97. The van der Waals surface area contributed by atoms with Crippen LogP contribution in [-0.2, 0) is 14.6 Å². The van der Waals surface area contributed by atoms with Crippen molar-refractivity contribution in [2.45, 2.75) is 44.2 Å². The molecule has 2 bridgehead atoms. The summed E-state index contributed by atoms with van der Waals surface area (Å²) in [4.78, 5) is 12.3. The number of hydrogen-bond acceptors (Lipinski definition) is 4. The minimum Gasteiger partial charge on any atom is -0.352 e. The van der Waals surface area contributed by atoms with Crippen molar-refractivity contribution >= 4 is 15.7 Å². The van der Waals surface area contributed by atoms with E-state index in [1.807, 2.05) is 0 Å². The largest absolute Gasteiger partial charge is 0.352 e. The summed E-state index contributed by atoms with van der Waals surface area (Å²) in [5, 5.41) is 2.93. The van der Waals surface area contributed by atoms with Gasteiger partial charge in [-0.25, -0.2) is 8.42 Å². The molecule has 1 amide bonds. The van der Waals surface area contributed by atoms with Gasteiger partial charge in [-0.1, -0.05) is 0 Å². The van der Waals surface area contributed by atoms with E-state index in [9.17, 15) is 13.2 Å². The van der Waals surface area contributed by atoms with Gasteiger partial charge >= 0.3 is 0 Å². The Morgan fingerprint density at radius 1 is 1.16 bits per heavy atom. The van der Waals surface area contributed by atoms with Crippen molar-refractivity contribution in [1.82, 2.24) is 5.32 Å². The van der Waals surface area contributed by atoms with E-state index in [4.69, 9.17) is 5.73 Å². The zero-order valence-electron chi connectivity index (χ0n) is 11.0. The maximum Gasteiger partial charge on any atom is 0.225 e. The van der Waals surface area contributed by atoms with E-state index in [0.29, 0.717) is 18.3 Å². The molecule has 3 N–H and O–H groups in total. The molecule has 1 aliphatic heterocycles. The third-order valence-electron chi connectivity index (χ3n) is 5.09. The molecule has 5 atom stereocenters. The second kappa shape index (κ2) is 4.74. The Morgan fingerprint density at radius 2 is 1.89 bits per heavy atom. The molecule has 1 saturated heterocycles. The van der Waals surface area contributed by atoms with Gasteiger partial charge in [0.25, 0.3) is 0 Å². The molecule has 3 rings (SSSR count). The van der Waals surface area contributed by atoms with Crippen molar-refractivity contribution in [1.29, 1.82) is 0 Å². The molecule has 108 valence electrons. The zero-order chi connectivity index (χ0) is 13.6. The molecular weight excluding hydrogens is 264 g/mol. The minimum atomic E-state index is -2.97. The van der Waals surface area contributed by atoms with Gasteiger partial charge in [-0.3, -0.25) is 4.79 Å². The summed E-state index contributed by atoms with van der Waals surface area (Å²) in [6, 6.07) is -0.239. The molecule has 0 aromatic rings. The molecule has 5 unspecified atom stereocenters. The molecule has 0 radical (unpaired) electrons. The Balaban J connectivity index is 1.62. The first-order chi connectivity index (χ1) is 8.96. The summed E-state index contributed by atoms with van der Waals surface area (Å²) >= 11 is 0. The molecule has 0 aromatic carbocycles. The Hall–Kier alpha value is -0.620. The lowest BCUT2D eigenvalue weighted by molar-refractivity contribution is -0.127. The normalized spacial score (nSPS) is 44.2. The number of rotatable bonds is 2. The number of carbonyl (C=O) groups excluding carboxylic acids is 1. The summed E-state index contributed by atoms with van der Waals surface area (Å²) in [6.07, 6.45) is 4.73. The van der Waals surface area contributed by atoms with Crippen LogP contribution in [0.15, 0.2) is 0 Å². The maximum absolute atomic E-state index is 12.3. The number of carbonyl (C=O) groups is 1. The van der Waals surface area contributed by atoms with Crippen LogP contribution >= 0.6 is 0 Å². The zero-order valence-corrected chi connectivity index (χ0v) is 11.9. The van der Waals surface area contributed by atoms with Crippen LogP contribution in [-0.4, -0.2) is 37.9 Å². The van der Waals surface area contributed by atoms with Gasteiger partial charge in [-0.2, -0.15) is 0 Å². The van der Waals surface area contributed by atoms with Crippen molar-refractivity contribution < 1.29 is 13.2 Å². The van der Waals surface area contributed by atoms with Crippen LogP contribution < -0.4 is 11.1 Å². The summed E-state index contributed by atoms with van der Waals surface area (Å²) in [6.45, 7) is 0. The lowest BCUT2D eigenvalue weighted by Gasteiger charge is -2.30. The van der Waals surface area contributed by atoms with E-state index < -0.39 is 9.84 Å². The first kappa shape index (κ1) is 13.4. The fourth-order valence-corrected chi connectivity index (χ4v) is 5.80. The van der Waals surface area contributed by atoms with E-state index in [0.717, 1.165) is 25.7 Å². The quantitative estimate of drug-likeness (QED) is 0.751. The molecule has 3 aliphatic rings. The van der Waals surface area contributed by atoms with Crippen molar-refractivity contribution in [3.8, 4) is 0 Å². The highest BCUT2D eigenvalue weighted by atomic mass is 32.2. The topological polar surface area (TPSA) is 89.3 Å². The third kappa shape index (κ3) is 2.52. The first-order valence-corrected chi connectivity index (χ1v) is 9.05. The first-order valence-electron chi connectivity index (χ1n) is 7.22. The molecule has 19 heavy (non-hydrogen) atoms. The number of sulfone groups is 1. The van der Waals surface area contributed by atoms with Crippen LogP contribution in [0, 0.1) is 17.8 Å². The van der Waals surface area contributed by atoms with Gasteiger partial charge in [-0.15, -0.1) is 0 Å². The van der Waals surface area contributed by atoms with Crippen LogP contribution in [0.3, 0.4) is 0 Å². The Morgan fingerprint density at radius 3 is 2.53 bits per heavy atom. The summed E-state index contributed by atoms with van der Waals surface area (Å²) < 4.78 is 23.2. The van der Waals surface area contributed by atoms with Gasteiger partial charge in [0.05, 0.1) is 17.4 Å². The predicted molar refractivity (Wildman–Crippen MR) is 72.1 cm³/mol. The van der Waals surface area contributed by atoms with Crippen molar-refractivity contribution in [2.24, 2.45) is 23.5 Å². The Kier molecular flexibility index (Phi) is 3.33. The van der Waals surface area contributed by atoms with Crippen LogP contribution in [0.1, 0.15) is 32.1 Å². The second-order valence-corrected chi connectivity index (χ2v) is 8.63. The highest BCUT2D eigenvalue weighted by Gasteiger charge is 2.49. The molecule has 0 aromatic heterocycles. The predicted octanol–water partition coefficient (Wildman–Crippen LogP) is 0.0532. The standard InChI is InChI=1S/C13H22N2O3S/c14-12-9-4-3-8(6-9)11(12)13(16)15-10-2-1-5-19(17,18)7-10/h8-12H,1-7,14H2,(H,15,16). The van der Waals surface area contributed by atoms with E-state index in [1.54, 1.807) is 0 Å². The molecule has 5 nitrogen and oxygen atoms in total. The fraction of sp³-hybridized carbons (Fsp3) is 0.923. The summed E-state index contributed by atoms with van der Waals surface area (Å²) in [5.41, 5.74) is 6.14. The second-order valence-electron chi connectivity index (χ2n) is 6.40. The van der Waals surface area contributed by atoms with Gasteiger partial charge in [0.1, 0.15) is 0 Å². The van der Waals surface area contributed by atoms with Crippen LogP contribution in [0.25, 0.3) is 0 Å². The lowest BCUT2D eigenvalue weighted by atomic mass is 9.84. The van der Waals surface area contributed by atoms with Crippen molar-refractivity contribution in [3.63, 3.8) is 0 Å². The number of hydrogen-bond donors (Lipinski definition) is 2. The molecule has 1 heterocycles. The summed E-state index contributed by atoms with van der Waals surface area (Å²) in [5.74, 6) is 1.16. The maximum atomic E-state index is 12.3. The van der Waals surface area contributed by atoms with Gasteiger partial charge in [0, 0.05) is 12.1 Å². The monoisotopic (exact) mass is 286 g/mol. The molecule has 0 spiro atoms. The van der Waals surface area contributed by atoms with E-state index in [1.165, 1.54) is 0 Å². The van der Waals surface area contributed by atoms with E-state index >= 15 is 0 Å². The fourth-order valence-electron chi connectivity index (χ4n) is 4.16. The van der Waals surface area contributed by atoms with Gasteiger partial charge in [0.15, 0.2) is 9.84 Å². The minimum absolute atomic E-state index is 0.0122. The number of amides is 1. The third-order valence-corrected chi connectivity index (χ3v) is 6.91.